The van der Waals surface area contributed by atoms with Gasteiger partial charge < -0.3 is 4.74 Å². The summed E-state index contributed by atoms with van der Waals surface area (Å²) in [6, 6.07) is 7.22. The summed E-state index contributed by atoms with van der Waals surface area (Å²) in [6.07, 6.45) is 3.78. The van der Waals surface area contributed by atoms with Crippen molar-refractivity contribution in [2.24, 2.45) is 0 Å². The molecule has 1 atom stereocenters. The number of amides is 2. The Kier molecular flexibility index (Phi) is 6.65. The zero-order valence-corrected chi connectivity index (χ0v) is 23.5. The first-order chi connectivity index (χ1) is 15.2. The van der Waals surface area contributed by atoms with Gasteiger partial charge >= 0.3 is 167 Å². The van der Waals surface area contributed by atoms with Crippen molar-refractivity contribution in [3.63, 3.8) is 0 Å². The molecular formula is C22H24N5O3STl. The number of ether oxygens (including phenoxy) is 1. The number of alkyl carbamates (subject to hydrolysis) is 1. The van der Waals surface area contributed by atoms with Crippen LogP contribution in [0.1, 0.15) is 49.2 Å². The number of aromatic nitrogens is 3. The number of nitrogens with zero attached hydrogens (tertiary/aromatic N) is 3. The molecule has 1 aromatic carbocycles. The van der Waals surface area contributed by atoms with Crippen LogP contribution in [0.5, 0.6) is 0 Å². The quantitative estimate of drug-likeness (QED) is 0.422. The second-order valence-corrected chi connectivity index (χ2v) is 12.9. The summed E-state index contributed by atoms with van der Waals surface area (Å²) in [5.74, 6) is 0.647. The molecule has 0 fully saturated rings. The summed E-state index contributed by atoms with van der Waals surface area (Å²) in [4.78, 5) is 30.6. The zero-order chi connectivity index (χ0) is 22.9. The summed E-state index contributed by atoms with van der Waals surface area (Å²) in [5.41, 5.74) is 2.46. The van der Waals surface area contributed by atoms with Gasteiger partial charge in [-0.1, -0.05) is 0 Å². The Hall–Kier alpha value is -2.28. The van der Waals surface area contributed by atoms with Crippen LogP contribution in [0.15, 0.2) is 41.6 Å². The van der Waals surface area contributed by atoms with Gasteiger partial charge in [0.2, 0.25) is 0 Å². The number of rotatable bonds is 4. The molecule has 32 heavy (non-hydrogen) atoms. The van der Waals surface area contributed by atoms with Crippen LogP contribution < -0.4 is 10.6 Å². The van der Waals surface area contributed by atoms with E-state index >= 15 is 0 Å². The molecular weight excluding hydrogens is 619 g/mol. The molecule has 0 saturated carbocycles. The molecule has 2 N–H and O–H groups in total. The van der Waals surface area contributed by atoms with Gasteiger partial charge in [0.25, 0.3) is 0 Å². The average molecular weight is 643 g/mol. The van der Waals surface area contributed by atoms with Crippen LogP contribution in [0.25, 0.3) is 11.0 Å². The summed E-state index contributed by atoms with van der Waals surface area (Å²) in [5, 5.41) is 11.1. The van der Waals surface area contributed by atoms with Crippen molar-refractivity contribution in [3.8, 4) is 0 Å². The molecule has 1 aliphatic rings. The minimum absolute atomic E-state index is 0.141. The van der Waals surface area contributed by atoms with Crippen molar-refractivity contribution in [1.29, 1.82) is 0 Å². The number of hydrogen-bond acceptors (Lipinski definition) is 6. The molecule has 3 heterocycles. The number of nitrogens with one attached hydrogen (secondary N) is 2. The molecule has 10 heteroatoms. The Balaban J connectivity index is 1.53. The molecule has 1 unspecified atom stereocenters. The fourth-order valence-corrected chi connectivity index (χ4v) is 6.77. The predicted octanol–water partition coefficient (Wildman–Crippen LogP) is 3.64. The molecule has 164 valence electrons. The third-order valence-corrected chi connectivity index (χ3v) is 8.84. The van der Waals surface area contributed by atoms with Crippen molar-refractivity contribution in [3.05, 3.63) is 47.8 Å². The van der Waals surface area contributed by atoms with Crippen molar-refractivity contribution < 1.29 is 14.3 Å². The van der Waals surface area contributed by atoms with Gasteiger partial charge in [0.05, 0.1) is 0 Å². The molecule has 0 saturated heterocycles. The van der Waals surface area contributed by atoms with Crippen LogP contribution in [-0.2, 0) is 4.74 Å². The Labute approximate surface area is 202 Å². The Morgan fingerprint density at radius 3 is 2.88 bits per heavy atom. The number of thioether (sulfide) groups is 1. The van der Waals surface area contributed by atoms with E-state index in [1.165, 1.54) is 0 Å². The maximum absolute atomic E-state index is 13.0. The van der Waals surface area contributed by atoms with Crippen molar-refractivity contribution >= 4 is 68.6 Å². The van der Waals surface area contributed by atoms with E-state index < -0.39 is 35.7 Å². The van der Waals surface area contributed by atoms with Gasteiger partial charge in [0.15, 0.2) is 0 Å². The van der Waals surface area contributed by atoms with Crippen molar-refractivity contribution in [2.45, 2.75) is 43.7 Å². The van der Waals surface area contributed by atoms with Crippen LogP contribution in [0.4, 0.5) is 10.5 Å². The number of anilines is 1. The predicted molar refractivity (Wildman–Crippen MR) is 128 cm³/mol. The number of fused-ring (bicyclic) bond motifs is 2. The molecule has 8 nitrogen and oxygen atoms in total. The molecule has 4 rings (SSSR count). The molecule has 2 aromatic heterocycles. The van der Waals surface area contributed by atoms with Crippen LogP contribution >= 0.6 is 11.8 Å². The molecule has 1 aliphatic heterocycles. The van der Waals surface area contributed by atoms with E-state index in [0.29, 0.717) is 11.3 Å². The third kappa shape index (κ3) is 5.03. The van der Waals surface area contributed by atoms with Crippen LogP contribution in [-0.4, -0.2) is 64.0 Å². The topological polar surface area (TPSA) is 98.1 Å². The molecule has 0 radical (unpaired) electrons. The van der Waals surface area contributed by atoms with Crippen LogP contribution in [0.3, 0.4) is 0 Å². The number of carbonyl (C=O) groups excluding carboxylic acids is 2. The van der Waals surface area contributed by atoms with E-state index in [-0.39, 0.29) is 11.9 Å². The molecule has 2 amide bonds. The summed E-state index contributed by atoms with van der Waals surface area (Å²) in [7, 11) is 0. The van der Waals surface area contributed by atoms with Gasteiger partial charge in [-0.25, -0.2) is 4.79 Å². The van der Waals surface area contributed by atoms with Gasteiger partial charge in [-0.05, 0) is 20.8 Å². The molecule has 0 spiro atoms. The van der Waals surface area contributed by atoms with Gasteiger partial charge in [-0.3, -0.25) is 0 Å². The molecule has 0 bridgehead atoms. The van der Waals surface area contributed by atoms with E-state index in [0.717, 1.165) is 33.7 Å². The van der Waals surface area contributed by atoms with Crippen molar-refractivity contribution in [2.75, 3.05) is 11.1 Å². The monoisotopic (exact) mass is 643 g/mol. The SMILES string of the molecule is [CH2]=[Tl][n]1ncc2c(NC(=O)c3ccc4c(c3)SCCC4NC(=O)OC(C)(C)C)ccnc21. The van der Waals surface area contributed by atoms with Gasteiger partial charge in [0, 0.05) is 0 Å². The first-order valence-corrected chi connectivity index (χ1v) is 16.4. The number of pyridine rings is 1. The fourth-order valence-electron chi connectivity index (χ4n) is 3.51. The Morgan fingerprint density at radius 1 is 1.31 bits per heavy atom. The molecule has 0 aliphatic carbocycles. The Bertz CT molecular complexity index is 1200. The van der Waals surface area contributed by atoms with Crippen LogP contribution in [0, 0.1) is 0 Å². The van der Waals surface area contributed by atoms with Gasteiger partial charge in [-0.15, -0.1) is 0 Å². The number of hydrogen-bond donors (Lipinski definition) is 2. The first-order valence-electron chi connectivity index (χ1n) is 10.3. The standard InChI is InChI=1S/C21H23N5O3S.CH2.Tl/c1-21(2,3)29-20(28)25-16-7-9-30-17-10-12(4-5-13(16)17)19(27)24-15-6-8-22-18-14(15)11-23-26-18;;/h4-6,8,10-11,16H,7,9H2,1-3H3,(H3,22,23,24,25,26,27,28);1H2;/q;;+1/p-1. The molecule has 3 aromatic rings. The second kappa shape index (κ2) is 9.30. The maximum atomic E-state index is 13.0. The van der Waals surface area contributed by atoms with Crippen LogP contribution in [0.2, 0.25) is 0 Å². The van der Waals surface area contributed by atoms with E-state index in [1.807, 2.05) is 35.4 Å². The minimum atomic E-state index is -1.39. The summed E-state index contributed by atoms with van der Waals surface area (Å²) < 4.78 is 11.3. The van der Waals surface area contributed by atoms with E-state index in [1.54, 1.807) is 36.3 Å². The summed E-state index contributed by atoms with van der Waals surface area (Å²) >= 11 is 0.293. The zero-order valence-electron chi connectivity index (χ0n) is 18.2. The van der Waals surface area contributed by atoms with Gasteiger partial charge in [0.1, 0.15) is 5.60 Å². The second-order valence-electron chi connectivity index (χ2n) is 8.41. The van der Waals surface area contributed by atoms with Gasteiger partial charge in [-0.2, -0.15) is 0 Å². The first kappa shape index (κ1) is 22.9. The summed E-state index contributed by atoms with van der Waals surface area (Å²) in [6.45, 7) is 5.52. The number of carbonyl (C=O) groups is 2. The number of benzene rings is 1. The Morgan fingerprint density at radius 2 is 2.12 bits per heavy atom. The normalized spacial score (nSPS) is 15.5. The average Bonchev–Trinajstić information content (AvgIpc) is 3.16. The van der Waals surface area contributed by atoms with E-state index in [4.69, 9.17) is 4.74 Å². The van der Waals surface area contributed by atoms with Crippen molar-refractivity contribution in [1.82, 2.24) is 17.9 Å². The third-order valence-electron chi connectivity index (χ3n) is 4.92. The van der Waals surface area contributed by atoms with E-state index in [2.05, 4.69) is 24.8 Å². The fraction of sp³-hybridized carbons (Fsp3) is 0.318. The van der Waals surface area contributed by atoms with E-state index in [9.17, 15) is 9.59 Å².